The summed E-state index contributed by atoms with van der Waals surface area (Å²) >= 11 is 0. The third kappa shape index (κ3) is 4.81. The van der Waals surface area contributed by atoms with Gasteiger partial charge in [-0.3, -0.25) is 9.59 Å². The maximum absolute atomic E-state index is 13.2. The number of nitrogens with one attached hydrogen (secondary N) is 2. The van der Waals surface area contributed by atoms with E-state index in [1.165, 1.54) is 0 Å². The van der Waals surface area contributed by atoms with Crippen LogP contribution in [0.4, 0.5) is 17.3 Å². The van der Waals surface area contributed by atoms with Gasteiger partial charge in [0.1, 0.15) is 17.3 Å². The van der Waals surface area contributed by atoms with Crippen LogP contribution in [0.1, 0.15) is 54.9 Å². The summed E-state index contributed by atoms with van der Waals surface area (Å²) in [6, 6.07) is 5.50. The molecule has 3 aromatic rings. The molecule has 0 amide bonds. The molecule has 0 bridgehead atoms. The lowest BCUT2D eigenvalue weighted by Crippen LogP contribution is -2.29. The molecular formula is C25H32N6O4. The maximum atomic E-state index is 13.2. The molecule has 2 aliphatic rings. The SMILES string of the molecule is CNc1cc(Nc2cccn(C3CCOCC3)c2=O)nc2c(C(=O)C[C@@H]3CC[C@@H](OC)C3)cnn12. The topological polar surface area (TPSA) is 112 Å². The number of pyridine rings is 1. The van der Waals surface area contributed by atoms with Gasteiger partial charge in [-0.1, -0.05) is 0 Å². The Kier molecular flexibility index (Phi) is 6.83. The molecule has 1 saturated heterocycles. The Labute approximate surface area is 203 Å². The largest absolute Gasteiger partial charge is 0.381 e. The van der Waals surface area contributed by atoms with Crippen LogP contribution < -0.4 is 16.2 Å². The number of aromatic nitrogens is 4. The normalized spacial score (nSPS) is 20.9. The molecular weight excluding hydrogens is 448 g/mol. The van der Waals surface area contributed by atoms with Gasteiger partial charge in [-0.25, -0.2) is 4.98 Å². The van der Waals surface area contributed by atoms with E-state index in [1.807, 2.05) is 12.3 Å². The highest BCUT2D eigenvalue weighted by Crippen LogP contribution is 2.32. The monoisotopic (exact) mass is 480 g/mol. The second-order valence-corrected chi connectivity index (χ2v) is 9.34. The molecule has 1 aliphatic heterocycles. The third-order valence-electron chi connectivity index (χ3n) is 7.15. The summed E-state index contributed by atoms with van der Waals surface area (Å²) in [5, 5.41) is 10.7. The predicted octanol–water partition coefficient (Wildman–Crippen LogP) is 3.42. The van der Waals surface area contributed by atoms with E-state index in [0.29, 0.717) is 54.1 Å². The van der Waals surface area contributed by atoms with Crippen LogP contribution in [0.3, 0.4) is 0 Å². The molecule has 2 N–H and O–H groups in total. The molecule has 0 aromatic carbocycles. The van der Waals surface area contributed by atoms with Gasteiger partial charge in [0.2, 0.25) is 0 Å². The van der Waals surface area contributed by atoms with Crippen molar-refractivity contribution in [2.24, 2.45) is 5.92 Å². The second-order valence-electron chi connectivity index (χ2n) is 9.34. The summed E-state index contributed by atoms with van der Waals surface area (Å²) in [6.45, 7) is 1.31. The number of methoxy groups -OCH3 is 1. The molecule has 10 heteroatoms. The van der Waals surface area contributed by atoms with Gasteiger partial charge in [0.05, 0.1) is 17.9 Å². The zero-order chi connectivity index (χ0) is 24.4. The lowest BCUT2D eigenvalue weighted by Gasteiger charge is -2.24. The van der Waals surface area contributed by atoms with Gasteiger partial charge in [0.25, 0.3) is 5.56 Å². The zero-order valence-corrected chi connectivity index (χ0v) is 20.2. The molecule has 186 valence electrons. The van der Waals surface area contributed by atoms with E-state index in [0.717, 1.165) is 32.1 Å². The Morgan fingerprint density at radius 1 is 1.26 bits per heavy atom. The second kappa shape index (κ2) is 10.2. The first kappa shape index (κ1) is 23.5. The molecule has 0 radical (unpaired) electrons. The summed E-state index contributed by atoms with van der Waals surface area (Å²) in [5.74, 6) is 1.46. The number of rotatable bonds is 8. The molecule has 1 saturated carbocycles. The first-order chi connectivity index (χ1) is 17.1. The molecule has 0 unspecified atom stereocenters. The van der Waals surface area contributed by atoms with Crippen LogP contribution in [0.5, 0.6) is 0 Å². The molecule has 10 nitrogen and oxygen atoms in total. The van der Waals surface area contributed by atoms with Gasteiger partial charge in [-0.15, -0.1) is 0 Å². The maximum Gasteiger partial charge on any atom is 0.274 e. The number of anilines is 3. The number of hydrogen-bond acceptors (Lipinski definition) is 8. The van der Waals surface area contributed by atoms with Crippen LogP contribution in [0.15, 0.2) is 35.4 Å². The first-order valence-corrected chi connectivity index (χ1v) is 12.3. The zero-order valence-electron chi connectivity index (χ0n) is 20.2. The molecule has 5 rings (SSSR count). The van der Waals surface area contributed by atoms with Crippen molar-refractivity contribution in [1.82, 2.24) is 19.2 Å². The Bertz CT molecular complexity index is 1260. The standard InChI is InChI=1S/C25H32N6O4/c1-26-23-14-22(28-20-4-3-9-30(25(20)33)17-7-10-35-11-8-17)29-24-19(15-27-31(23)24)21(32)13-16-5-6-18(12-16)34-2/h3-4,9,14-18,26H,5-8,10-13H2,1-2H3,(H,28,29)/t16-,18-/m1/s1. The van der Waals surface area contributed by atoms with E-state index in [-0.39, 0.29) is 23.5 Å². The minimum Gasteiger partial charge on any atom is -0.381 e. The van der Waals surface area contributed by atoms with Crippen LogP contribution >= 0.6 is 0 Å². The van der Waals surface area contributed by atoms with Crippen molar-refractivity contribution in [2.75, 3.05) is 38.0 Å². The number of fused-ring (bicyclic) bond motifs is 1. The number of nitrogens with zero attached hydrogens (tertiary/aromatic N) is 4. The van der Waals surface area contributed by atoms with Crippen molar-refractivity contribution in [1.29, 1.82) is 0 Å². The molecule has 2 fully saturated rings. The van der Waals surface area contributed by atoms with Crippen LogP contribution in [0.2, 0.25) is 0 Å². The Hall–Kier alpha value is -3.24. The number of ether oxygens (including phenoxy) is 2. The number of hydrogen-bond donors (Lipinski definition) is 2. The lowest BCUT2D eigenvalue weighted by atomic mass is 9.98. The quantitative estimate of drug-likeness (QED) is 0.472. The van der Waals surface area contributed by atoms with E-state index in [1.54, 1.807) is 41.6 Å². The highest BCUT2D eigenvalue weighted by molar-refractivity contribution is 6.01. The number of Topliss-reactive ketones (excluding diaryl/α,β-unsaturated/α-hetero) is 1. The molecule has 4 heterocycles. The van der Waals surface area contributed by atoms with Crippen molar-refractivity contribution in [3.8, 4) is 0 Å². The summed E-state index contributed by atoms with van der Waals surface area (Å²) in [4.78, 5) is 31.1. The van der Waals surface area contributed by atoms with Gasteiger partial charge < -0.3 is 24.7 Å². The van der Waals surface area contributed by atoms with Crippen molar-refractivity contribution < 1.29 is 14.3 Å². The summed E-state index contributed by atoms with van der Waals surface area (Å²) in [5.41, 5.74) is 1.28. The molecule has 3 aromatic heterocycles. The number of carbonyl (C=O) groups excluding carboxylic acids is 1. The van der Waals surface area contributed by atoms with Gasteiger partial charge in [0, 0.05) is 52.1 Å². The fourth-order valence-corrected chi connectivity index (χ4v) is 5.20. The van der Waals surface area contributed by atoms with Crippen molar-refractivity contribution >= 4 is 28.8 Å². The fourth-order valence-electron chi connectivity index (χ4n) is 5.20. The van der Waals surface area contributed by atoms with Crippen molar-refractivity contribution in [2.45, 2.75) is 50.7 Å². The van der Waals surface area contributed by atoms with Crippen LogP contribution in [-0.4, -0.2) is 58.4 Å². The molecule has 35 heavy (non-hydrogen) atoms. The van der Waals surface area contributed by atoms with Gasteiger partial charge in [-0.2, -0.15) is 9.61 Å². The van der Waals surface area contributed by atoms with Crippen LogP contribution in [0.25, 0.3) is 5.65 Å². The Morgan fingerprint density at radius 3 is 2.83 bits per heavy atom. The van der Waals surface area contributed by atoms with Gasteiger partial charge in [0.15, 0.2) is 11.4 Å². The fraction of sp³-hybridized carbons (Fsp3) is 0.520. The van der Waals surface area contributed by atoms with Gasteiger partial charge in [-0.05, 0) is 50.2 Å². The van der Waals surface area contributed by atoms with E-state index in [2.05, 4.69) is 20.7 Å². The molecule has 0 spiro atoms. The van der Waals surface area contributed by atoms with E-state index < -0.39 is 0 Å². The van der Waals surface area contributed by atoms with Crippen LogP contribution in [0, 0.1) is 5.92 Å². The van der Waals surface area contributed by atoms with Gasteiger partial charge >= 0.3 is 0 Å². The predicted molar refractivity (Wildman–Crippen MR) is 133 cm³/mol. The minimum absolute atomic E-state index is 0.0232. The van der Waals surface area contributed by atoms with E-state index in [9.17, 15) is 9.59 Å². The highest BCUT2D eigenvalue weighted by atomic mass is 16.5. The summed E-state index contributed by atoms with van der Waals surface area (Å²) in [6.07, 6.45) is 8.58. The average molecular weight is 481 g/mol. The van der Waals surface area contributed by atoms with E-state index >= 15 is 0 Å². The molecule has 1 aliphatic carbocycles. The first-order valence-electron chi connectivity index (χ1n) is 12.3. The summed E-state index contributed by atoms with van der Waals surface area (Å²) in [7, 11) is 3.51. The number of ketones is 1. The van der Waals surface area contributed by atoms with E-state index in [4.69, 9.17) is 9.47 Å². The highest BCUT2D eigenvalue weighted by Gasteiger charge is 2.28. The Balaban J connectivity index is 1.42. The summed E-state index contributed by atoms with van der Waals surface area (Å²) < 4.78 is 14.3. The Morgan fingerprint density at radius 2 is 2.09 bits per heavy atom. The van der Waals surface area contributed by atoms with Crippen LogP contribution in [-0.2, 0) is 9.47 Å². The molecule has 2 atom stereocenters. The smallest absolute Gasteiger partial charge is 0.274 e. The lowest BCUT2D eigenvalue weighted by molar-refractivity contribution is 0.0687. The van der Waals surface area contributed by atoms with Crippen molar-refractivity contribution in [3.05, 3.63) is 46.5 Å². The number of carbonyl (C=O) groups is 1. The van der Waals surface area contributed by atoms with Crippen molar-refractivity contribution in [3.63, 3.8) is 0 Å². The third-order valence-corrected chi connectivity index (χ3v) is 7.15. The minimum atomic E-state index is -0.106. The average Bonchev–Trinajstić information content (AvgIpc) is 3.52.